The molecule has 5 heteroatoms. The van der Waals surface area contributed by atoms with E-state index >= 15 is 0 Å². The maximum atomic E-state index is 12.3. The average molecular weight is 257 g/mol. The predicted molar refractivity (Wildman–Crippen MR) is 67.4 cm³/mol. The molecule has 17 heavy (non-hydrogen) atoms. The van der Waals surface area contributed by atoms with Crippen LogP contribution < -0.4 is 0 Å². The van der Waals surface area contributed by atoms with Crippen molar-refractivity contribution in [2.75, 3.05) is 13.1 Å². The Labute approximate surface area is 103 Å². The zero-order valence-electron chi connectivity index (χ0n) is 10.3. The fraction of sp³-hybridized carbons (Fsp3) is 0.500. The zero-order valence-corrected chi connectivity index (χ0v) is 11.1. The second-order valence-corrected chi connectivity index (χ2v) is 5.84. The Balaban J connectivity index is 3.07. The highest BCUT2D eigenvalue weighted by atomic mass is 32.2. The fourth-order valence-corrected chi connectivity index (χ4v) is 3.31. The fourth-order valence-electron chi connectivity index (χ4n) is 1.64. The molecule has 0 saturated carbocycles. The summed E-state index contributed by atoms with van der Waals surface area (Å²) in [6.07, 6.45) is 1.55. The summed E-state index contributed by atoms with van der Waals surface area (Å²) >= 11 is 0. The molecule has 0 bridgehead atoms. The van der Waals surface area contributed by atoms with Gasteiger partial charge in [-0.05, 0) is 31.0 Å². The van der Waals surface area contributed by atoms with Gasteiger partial charge in [-0.25, -0.2) is 8.42 Å². The zero-order chi connectivity index (χ0) is 12.9. The minimum Gasteiger partial charge on any atom is -0.508 e. The molecule has 0 aliphatic rings. The number of phenols is 1. The lowest BCUT2D eigenvalue weighted by atomic mass is 10.3. The molecule has 0 atom stereocenters. The Bertz CT molecular complexity index is 451. The molecule has 1 N–H and O–H groups in total. The van der Waals surface area contributed by atoms with Gasteiger partial charge in [-0.15, -0.1) is 0 Å². The first-order chi connectivity index (χ1) is 8.02. The largest absolute Gasteiger partial charge is 0.508 e. The highest BCUT2D eigenvalue weighted by molar-refractivity contribution is 7.89. The topological polar surface area (TPSA) is 57.6 Å². The molecular weight excluding hydrogens is 238 g/mol. The molecule has 1 rings (SSSR count). The van der Waals surface area contributed by atoms with E-state index in [1.165, 1.54) is 28.6 Å². The number of hydrogen-bond acceptors (Lipinski definition) is 3. The van der Waals surface area contributed by atoms with Crippen LogP contribution in [-0.4, -0.2) is 30.9 Å². The molecule has 0 unspecified atom stereocenters. The first-order valence-corrected chi connectivity index (χ1v) is 7.25. The molecule has 0 spiro atoms. The lowest BCUT2D eigenvalue weighted by Crippen LogP contribution is -2.32. The summed E-state index contributed by atoms with van der Waals surface area (Å²) in [6, 6.07) is 5.79. The smallest absolute Gasteiger partial charge is 0.243 e. The summed E-state index contributed by atoms with van der Waals surface area (Å²) in [4.78, 5) is 0.152. The van der Waals surface area contributed by atoms with Crippen LogP contribution in [0.2, 0.25) is 0 Å². The number of nitrogens with zero attached hydrogens (tertiary/aromatic N) is 1. The predicted octanol–water partition coefficient (Wildman–Crippen LogP) is 2.20. The normalized spacial score (nSPS) is 11.9. The SMILES string of the molecule is CCCN(CCC)S(=O)(=O)c1cccc(O)c1. The number of phenolic OH excluding ortho intramolecular Hbond substituents is 1. The number of rotatable bonds is 6. The molecule has 0 heterocycles. The molecule has 96 valence electrons. The van der Waals surface area contributed by atoms with Crippen LogP contribution >= 0.6 is 0 Å². The van der Waals surface area contributed by atoms with E-state index < -0.39 is 10.0 Å². The van der Waals surface area contributed by atoms with Crippen molar-refractivity contribution in [3.05, 3.63) is 24.3 Å². The lowest BCUT2D eigenvalue weighted by Gasteiger charge is -2.20. The second-order valence-electron chi connectivity index (χ2n) is 3.90. The van der Waals surface area contributed by atoms with Crippen molar-refractivity contribution in [1.82, 2.24) is 4.31 Å². The van der Waals surface area contributed by atoms with E-state index in [1.807, 2.05) is 13.8 Å². The van der Waals surface area contributed by atoms with Crippen LogP contribution in [0.3, 0.4) is 0 Å². The molecule has 0 aliphatic heterocycles. The van der Waals surface area contributed by atoms with Gasteiger partial charge in [0.1, 0.15) is 5.75 Å². The molecule has 1 aromatic rings. The maximum absolute atomic E-state index is 12.3. The second kappa shape index (κ2) is 6.02. The van der Waals surface area contributed by atoms with Gasteiger partial charge in [0.05, 0.1) is 4.90 Å². The summed E-state index contributed by atoms with van der Waals surface area (Å²) in [5.74, 6) is -0.0287. The summed E-state index contributed by atoms with van der Waals surface area (Å²) < 4.78 is 26.0. The van der Waals surface area contributed by atoms with Crippen molar-refractivity contribution in [3.63, 3.8) is 0 Å². The van der Waals surface area contributed by atoms with Crippen LogP contribution in [0.25, 0.3) is 0 Å². The van der Waals surface area contributed by atoms with E-state index in [2.05, 4.69) is 0 Å². The van der Waals surface area contributed by atoms with Crippen molar-refractivity contribution >= 4 is 10.0 Å². The highest BCUT2D eigenvalue weighted by Crippen LogP contribution is 2.20. The number of hydrogen-bond donors (Lipinski definition) is 1. The van der Waals surface area contributed by atoms with E-state index in [-0.39, 0.29) is 10.6 Å². The summed E-state index contributed by atoms with van der Waals surface area (Å²) in [5.41, 5.74) is 0. The molecule has 0 radical (unpaired) electrons. The van der Waals surface area contributed by atoms with Gasteiger partial charge < -0.3 is 5.11 Å². The molecule has 1 aromatic carbocycles. The monoisotopic (exact) mass is 257 g/mol. The van der Waals surface area contributed by atoms with Gasteiger partial charge in [-0.1, -0.05) is 19.9 Å². The van der Waals surface area contributed by atoms with Crippen LogP contribution in [0.1, 0.15) is 26.7 Å². The third-order valence-electron chi connectivity index (χ3n) is 2.40. The van der Waals surface area contributed by atoms with Gasteiger partial charge in [0, 0.05) is 13.1 Å². The highest BCUT2D eigenvalue weighted by Gasteiger charge is 2.22. The van der Waals surface area contributed by atoms with Crippen molar-refractivity contribution in [2.45, 2.75) is 31.6 Å². The van der Waals surface area contributed by atoms with E-state index in [4.69, 9.17) is 0 Å². The molecule has 0 saturated heterocycles. The minimum absolute atomic E-state index is 0.0287. The molecule has 0 fully saturated rings. The number of benzene rings is 1. The number of sulfonamides is 1. The molecule has 0 aromatic heterocycles. The van der Waals surface area contributed by atoms with Gasteiger partial charge in [-0.3, -0.25) is 0 Å². The van der Waals surface area contributed by atoms with Crippen LogP contribution in [-0.2, 0) is 10.0 Å². The summed E-state index contributed by atoms with van der Waals surface area (Å²) in [6.45, 7) is 4.90. The Morgan fingerprint density at radius 3 is 2.24 bits per heavy atom. The van der Waals surface area contributed by atoms with Gasteiger partial charge >= 0.3 is 0 Å². The van der Waals surface area contributed by atoms with Crippen molar-refractivity contribution in [2.24, 2.45) is 0 Å². The Morgan fingerprint density at radius 2 is 1.76 bits per heavy atom. The van der Waals surface area contributed by atoms with E-state index in [0.29, 0.717) is 13.1 Å². The Hall–Kier alpha value is -1.07. The standard InChI is InChI=1S/C12H19NO3S/c1-3-8-13(9-4-2)17(15,16)12-7-5-6-11(14)10-12/h5-7,10,14H,3-4,8-9H2,1-2H3. The third kappa shape index (κ3) is 3.44. The van der Waals surface area contributed by atoms with Crippen LogP contribution in [0.5, 0.6) is 5.75 Å². The summed E-state index contributed by atoms with van der Waals surface area (Å²) in [7, 11) is -3.47. The number of aromatic hydroxyl groups is 1. The van der Waals surface area contributed by atoms with Crippen molar-refractivity contribution in [3.8, 4) is 5.75 Å². The lowest BCUT2D eigenvalue weighted by molar-refractivity contribution is 0.409. The van der Waals surface area contributed by atoms with Gasteiger partial charge in [-0.2, -0.15) is 4.31 Å². The van der Waals surface area contributed by atoms with E-state index in [0.717, 1.165) is 12.8 Å². The third-order valence-corrected chi connectivity index (χ3v) is 4.30. The maximum Gasteiger partial charge on any atom is 0.243 e. The first-order valence-electron chi connectivity index (χ1n) is 5.81. The van der Waals surface area contributed by atoms with Crippen LogP contribution in [0, 0.1) is 0 Å². The van der Waals surface area contributed by atoms with Gasteiger partial charge in [0.25, 0.3) is 0 Å². The van der Waals surface area contributed by atoms with Gasteiger partial charge in [0.15, 0.2) is 0 Å². The average Bonchev–Trinajstić information content (AvgIpc) is 2.29. The van der Waals surface area contributed by atoms with E-state index in [9.17, 15) is 13.5 Å². The quantitative estimate of drug-likeness (QED) is 0.850. The Morgan fingerprint density at radius 1 is 1.18 bits per heavy atom. The van der Waals surface area contributed by atoms with E-state index in [1.54, 1.807) is 0 Å². The minimum atomic E-state index is -3.47. The molecular formula is C12H19NO3S. The molecule has 0 aliphatic carbocycles. The summed E-state index contributed by atoms with van der Waals surface area (Å²) in [5, 5.41) is 9.34. The first kappa shape index (κ1) is 14.0. The van der Waals surface area contributed by atoms with Crippen molar-refractivity contribution < 1.29 is 13.5 Å². The van der Waals surface area contributed by atoms with Gasteiger partial charge in [0.2, 0.25) is 10.0 Å². The molecule has 0 amide bonds. The van der Waals surface area contributed by atoms with Crippen LogP contribution in [0.15, 0.2) is 29.2 Å². The van der Waals surface area contributed by atoms with Crippen molar-refractivity contribution in [1.29, 1.82) is 0 Å². The van der Waals surface area contributed by atoms with Crippen LogP contribution in [0.4, 0.5) is 0 Å². The Kier molecular flexibility index (Phi) is 4.96. The molecule has 4 nitrogen and oxygen atoms in total.